The van der Waals surface area contributed by atoms with Crippen molar-refractivity contribution < 1.29 is 27.5 Å². The van der Waals surface area contributed by atoms with Crippen LogP contribution in [0.1, 0.15) is 84.9 Å². The maximum atomic E-state index is 15.8. The number of aliphatic carboxylic acids is 1. The van der Waals surface area contributed by atoms with Crippen LogP contribution in [0.5, 0.6) is 0 Å². The van der Waals surface area contributed by atoms with Gasteiger partial charge in [-0.05, 0) is 79.0 Å². The van der Waals surface area contributed by atoms with Crippen LogP contribution in [-0.2, 0) is 39.9 Å². The molecule has 0 fully saturated rings. The normalized spacial score (nSPS) is 19.6. The van der Waals surface area contributed by atoms with Crippen molar-refractivity contribution >= 4 is 32.5 Å². The van der Waals surface area contributed by atoms with Gasteiger partial charge in [-0.2, -0.15) is 5.10 Å². The van der Waals surface area contributed by atoms with Gasteiger partial charge in [-0.25, -0.2) is 22.5 Å². The number of fused-ring (bicyclic) bond motifs is 8. The third-order valence-corrected chi connectivity index (χ3v) is 11.7. The van der Waals surface area contributed by atoms with Crippen LogP contribution in [0.3, 0.4) is 0 Å². The Morgan fingerprint density at radius 2 is 1.90 bits per heavy atom. The summed E-state index contributed by atoms with van der Waals surface area (Å²) in [7, 11) is -1.87. The molecule has 256 valence electrons. The average Bonchev–Trinajstić information content (AvgIpc) is 3.68. The number of hydrogen-bond donors (Lipinski definition) is 2. The van der Waals surface area contributed by atoms with E-state index in [0.717, 1.165) is 11.1 Å². The highest BCUT2D eigenvalue weighted by Crippen LogP contribution is 2.39. The molecule has 0 unspecified atom stereocenters. The van der Waals surface area contributed by atoms with E-state index in [9.17, 15) is 23.1 Å². The van der Waals surface area contributed by atoms with E-state index in [1.165, 1.54) is 18.3 Å². The van der Waals surface area contributed by atoms with E-state index in [1.54, 1.807) is 30.1 Å². The van der Waals surface area contributed by atoms with Crippen molar-refractivity contribution in [3.63, 3.8) is 0 Å². The second kappa shape index (κ2) is 13.0. The maximum absolute atomic E-state index is 15.8. The number of carbonyl (C=O) groups excluding carboxylic acids is 1. The summed E-state index contributed by atoms with van der Waals surface area (Å²) < 4.78 is 44.7. The molecule has 49 heavy (non-hydrogen) atoms. The van der Waals surface area contributed by atoms with Gasteiger partial charge in [0.2, 0.25) is 0 Å². The summed E-state index contributed by atoms with van der Waals surface area (Å²) in [6, 6.07) is 13.9. The summed E-state index contributed by atoms with van der Waals surface area (Å²) in [5.41, 5.74) is 1.71. The Hall–Kier alpha value is -4.71. The maximum Gasteiger partial charge on any atom is 0.303 e. The molecular formula is C37H40FN5O5S. The number of carbonyl (C=O) groups is 2. The molecule has 4 bridgehead atoms. The van der Waals surface area contributed by atoms with Gasteiger partial charge in [0.05, 0.1) is 22.5 Å². The Bertz CT molecular complexity index is 2190. The van der Waals surface area contributed by atoms with Gasteiger partial charge in [0.15, 0.2) is 27.3 Å². The highest BCUT2D eigenvalue weighted by molar-refractivity contribution is 7.91. The first-order valence-corrected chi connectivity index (χ1v) is 18.2. The lowest BCUT2D eigenvalue weighted by Crippen LogP contribution is -2.29. The predicted octanol–water partition coefficient (Wildman–Crippen LogP) is 6.22. The van der Waals surface area contributed by atoms with Crippen molar-refractivity contribution in [3.8, 4) is 11.5 Å². The largest absolute Gasteiger partial charge is 0.481 e. The zero-order valence-electron chi connectivity index (χ0n) is 28.1. The number of rotatable bonds is 4. The lowest BCUT2D eigenvalue weighted by atomic mass is 9.75. The number of H-pyrrole nitrogens is 1. The molecule has 1 aliphatic rings. The number of carboxylic acid groups (broad SMARTS) is 1. The minimum absolute atomic E-state index is 0.0000149. The minimum Gasteiger partial charge on any atom is -0.481 e. The molecule has 1 aliphatic heterocycles. The van der Waals surface area contributed by atoms with Crippen molar-refractivity contribution in [2.45, 2.75) is 64.7 Å². The van der Waals surface area contributed by atoms with E-state index in [2.05, 4.69) is 9.97 Å². The molecule has 0 radical (unpaired) electrons. The number of nitrogens with zero attached hydrogens (tertiary/aromatic N) is 4. The number of hydrogen-bond acceptors (Lipinski definition) is 7. The molecule has 0 aliphatic carbocycles. The molecule has 0 saturated carbocycles. The van der Waals surface area contributed by atoms with Crippen LogP contribution in [-0.4, -0.2) is 61.5 Å². The first kappa shape index (κ1) is 34.2. The van der Waals surface area contributed by atoms with Gasteiger partial charge in [-0.1, -0.05) is 44.5 Å². The fraction of sp³-hybridized carbons (Fsp3) is 0.378. The van der Waals surface area contributed by atoms with E-state index in [-0.39, 0.29) is 35.5 Å². The highest BCUT2D eigenvalue weighted by Gasteiger charge is 2.36. The van der Waals surface area contributed by atoms with Gasteiger partial charge >= 0.3 is 5.97 Å². The van der Waals surface area contributed by atoms with Crippen LogP contribution in [0.4, 0.5) is 4.39 Å². The van der Waals surface area contributed by atoms with Gasteiger partial charge in [0.25, 0.3) is 0 Å². The first-order chi connectivity index (χ1) is 23.2. The molecule has 2 N–H and O–H groups in total. The van der Waals surface area contributed by atoms with E-state index in [4.69, 9.17) is 10.1 Å². The minimum atomic E-state index is -3.62. The summed E-state index contributed by atoms with van der Waals surface area (Å²) >= 11 is 0. The van der Waals surface area contributed by atoms with Gasteiger partial charge in [-0.15, -0.1) is 0 Å². The Labute approximate surface area is 284 Å². The van der Waals surface area contributed by atoms with Crippen molar-refractivity contribution in [2.75, 3.05) is 11.5 Å². The van der Waals surface area contributed by atoms with Crippen molar-refractivity contribution in [3.05, 3.63) is 100 Å². The zero-order valence-corrected chi connectivity index (χ0v) is 28.9. The quantitative estimate of drug-likeness (QED) is 0.227. The van der Waals surface area contributed by atoms with Crippen molar-refractivity contribution in [1.29, 1.82) is 0 Å². The molecule has 0 amide bonds. The summed E-state index contributed by atoms with van der Waals surface area (Å²) in [6.07, 6.45) is 5.31. The second-order valence-electron chi connectivity index (χ2n) is 14.1. The smallest absolute Gasteiger partial charge is 0.303 e. The molecule has 0 saturated heterocycles. The van der Waals surface area contributed by atoms with E-state index >= 15 is 4.39 Å². The number of sulfone groups is 1. The Kier molecular flexibility index (Phi) is 9.04. The Morgan fingerprint density at radius 1 is 1.10 bits per heavy atom. The highest BCUT2D eigenvalue weighted by atomic mass is 32.2. The number of halogens is 1. The molecule has 6 rings (SSSR count). The van der Waals surface area contributed by atoms with E-state index in [1.807, 2.05) is 45.0 Å². The van der Waals surface area contributed by atoms with Crippen LogP contribution in [0.25, 0.3) is 22.4 Å². The van der Waals surface area contributed by atoms with Crippen LogP contribution >= 0.6 is 0 Å². The molecule has 1 atom stereocenters. The monoisotopic (exact) mass is 685 g/mol. The Balaban J connectivity index is 1.50. The molecule has 5 aromatic rings. The molecule has 2 aromatic carbocycles. The number of aromatic nitrogens is 5. The summed E-state index contributed by atoms with van der Waals surface area (Å²) in [6.45, 7) is 5.91. The van der Waals surface area contributed by atoms with Gasteiger partial charge in [0.1, 0.15) is 11.5 Å². The van der Waals surface area contributed by atoms with E-state index < -0.39 is 38.2 Å². The lowest BCUT2D eigenvalue weighted by Gasteiger charge is -2.30. The van der Waals surface area contributed by atoms with Crippen LogP contribution in [0.2, 0.25) is 0 Å². The predicted molar refractivity (Wildman–Crippen MR) is 185 cm³/mol. The SMILES string of the molecule is Cn1nc2nc1-c1cc(ccn1)C(=O)c1c(F)cc3[nH]ccc3c1CCS(=O)(=O)CC(C)(C)CCC[C@]2(C)c1cccc(CCC(=O)O)c1. The molecule has 4 heterocycles. The molecule has 10 nitrogen and oxygen atoms in total. The third-order valence-electron chi connectivity index (χ3n) is 9.65. The van der Waals surface area contributed by atoms with Crippen molar-refractivity contribution in [1.82, 2.24) is 24.7 Å². The van der Waals surface area contributed by atoms with Crippen LogP contribution in [0.15, 0.2) is 60.9 Å². The Morgan fingerprint density at radius 3 is 2.67 bits per heavy atom. The summed E-state index contributed by atoms with van der Waals surface area (Å²) in [4.78, 5) is 37.9. The summed E-state index contributed by atoms with van der Waals surface area (Å²) in [5, 5.41) is 14.7. The number of benzene rings is 2. The number of aryl methyl sites for hydroxylation is 3. The van der Waals surface area contributed by atoms with Crippen molar-refractivity contribution in [2.24, 2.45) is 12.5 Å². The number of pyridine rings is 1. The fourth-order valence-corrected chi connectivity index (χ4v) is 9.05. The molecule has 12 heteroatoms. The average molecular weight is 686 g/mol. The van der Waals surface area contributed by atoms with Gasteiger partial charge < -0.3 is 10.1 Å². The first-order valence-electron chi connectivity index (χ1n) is 16.4. The number of nitrogens with one attached hydrogen (secondary N) is 1. The van der Waals surface area contributed by atoms with Gasteiger partial charge in [-0.3, -0.25) is 14.6 Å². The number of aromatic amines is 1. The lowest BCUT2D eigenvalue weighted by molar-refractivity contribution is -0.136. The second-order valence-corrected chi connectivity index (χ2v) is 16.3. The van der Waals surface area contributed by atoms with Gasteiger partial charge in [0, 0.05) is 42.3 Å². The van der Waals surface area contributed by atoms with Crippen LogP contribution in [0, 0.1) is 11.2 Å². The number of ketones is 1. The third kappa shape index (κ3) is 7.05. The molecular weight excluding hydrogens is 646 g/mol. The zero-order chi connectivity index (χ0) is 35.1. The number of carboxylic acids is 1. The molecule has 0 spiro atoms. The standard InChI is InChI=1S/C37H40FN5O5S/c1-36(2)14-6-15-37(3,25-8-5-7-23(19-25)9-10-31(44)45)35-41-34(43(4)42-35)30-20-24(11-16-40-30)33(46)32-27(13-18-49(47,48)22-36)26-12-17-39-29(26)21-28(32)38/h5,7-8,11-12,16-17,19-21,39H,6,9-10,13-15,18,22H2,1-4H3,(H,44,45)/t37-/m1/s1. The fourth-order valence-electron chi connectivity index (χ4n) is 7.05. The summed E-state index contributed by atoms with van der Waals surface area (Å²) in [5.74, 6) is -1.56. The van der Waals surface area contributed by atoms with Crippen LogP contribution < -0.4 is 0 Å². The molecule has 3 aromatic heterocycles. The van der Waals surface area contributed by atoms with E-state index in [0.29, 0.717) is 59.5 Å². The topological polar surface area (TPSA) is 148 Å².